The van der Waals surface area contributed by atoms with E-state index in [0.717, 1.165) is 72.1 Å². The fourth-order valence-electron chi connectivity index (χ4n) is 5.64. The summed E-state index contributed by atoms with van der Waals surface area (Å²) in [5.74, 6) is 0.570. The minimum atomic E-state index is 0.134. The van der Waals surface area contributed by atoms with Crippen molar-refractivity contribution < 1.29 is 4.79 Å². The lowest BCUT2D eigenvalue weighted by molar-refractivity contribution is 0.0670. The predicted molar refractivity (Wildman–Crippen MR) is 149 cm³/mol. The Bertz CT molecular complexity index is 1600. The number of likely N-dealkylation sites (tertiary alicyclic amines) is 1. The van der Waals surface area contributed by atoms with Gasteiger partial charge in [-0.05, 0) is 72.5 Å². The molecule has 37 heavy (non-hydrogen) atoms. The summed E-state index contributed by atoms with van der Waals surface area (Å²) in [6.45, 7) is 3.69. The average molecular weight is 484 g/mol. The molecule has 3 aromatic carbocycles. The number of fused-ring (bicyclic) bond motifs is 2. The molecular weight excluding hydrogens is 455 g/mol. The highest BCUT2D eigenvalue weighted by Crippen LogP contribution is 2.27. The van der Waals surface area contributed by atoms with Crippen LogP contribution in [-0.2, 0) is 6.42 Å². The normalized spacial score (nSPS) is 15.9. The van der Waals surface area contributed by atoms with Crippen LogP contribution in [0, 0.1) is 12.8 Å². The SMILES string of the molecule is [B]c1cnn2c(CCC3CCCN(C(=O)c4cccc5ccccc45)C3)cc(-c3ccccc3C)nc12. The van der Waals surface area contributed by atoms with Crippen molar-refractivity contribution in [2.24, 2.45) is 5.92 Å². The van der Waals surface area contributed by atoms with E-state index in [1.165, 1.54) is 5.56 Å². The zero-order valence-corrected chi connectivity index (χ0v) is 21.1. The van der Waals surface area contributed by atoms with Crippen molar-refractivity contribution in [3.8, 4) is 11.3 Å². The van der Waals surface area contributed by atoms with Crippen LogP contribution in [0.5, 0.6) is 0 Å². The third-order valence-corrected chi connectivity index (χ3v) is 7.63. The maximum absolute atomic E-state index is 13.5. The maximum Gasteiger partial charge on any atom is 0.254 e. The summed E-state index contributed by atoms with van der Waals surface area (Å²) in [4.78, 5) is 20.4. The number of rotatable bonds is 5. The molecule has 0 spiro atoms. The number of nitrogens with zero attached hydrogens (tertiary/aromatic N) is 4. The number of amides is 1. The second-order valence-electron chi connectivity index (χ2n) is 10.1. The van der Waals surface area contributed by atoms with Gasteiger partial charge in [0.05, 0.1) is 5.69 Å². The van der Waals surface area contributed by atoms with Crippen LogP contribution in [0.25, 0.3) is 27.7 Å². The zero-order chi connectivity index (χ0) is 25.4. The first-order valence-electron chi connectivity index (χ1n) is 13.0. The van der Waals surface area contributed by atoms with Crippen molar-refractivity contribution >= 4 is 35.6 Å². The molecule has 0 saturated carbocycles. The van der Waals surface area contributed by atoms with E-state index < -0.39 is 0 Å². The standard InChI is InChI=1S/C31H29BN4O/c1-21-8-2-4-12-25(21)29-18-24(36-30(34-29)28(32)19-33-36)16-15-22-9-7-17-35(20-22)31(37)27-14-6-11-23-10-3-5-13-26(23)27/h2-6,8,10-14,18-19,22H,7,9,15-17,20H2,1H3. The third kappa shape index (κ3) is 4.52. The number of aryl methyl sites for hydroxylation is 2. The van der Waals surface area contributed by atoms with Gasteiger partial charge in [0, 0.05) is 36.1 Å². The van der Waals surface area contributed by atoms with Gasteiger partial charge in [-0.3, -0.25) is 4.79 Å². The Labute approximate surface area is 218 Å². The molecule has 6 rings (SSSR count). The molecule has 1 saturated heterocycles. The van der Waals surface area contributed by atoms with E-state index >= 15 is 0 Å². The number of hydrogen-bond donors (Lipinski definition) is 0. The molecule has 1 aliphatic heterocycles. The Morgan fingerprint density at radius 1 is 1.05 bits per heavy atom. The number of piperidine rings is 1. The first-order chi connectivity index (χ1) is 18.1. The molecule has 1 atom stereocenters. The van der Waals surface area contributed by atoms with E-state index in [-0.39, 0.29) is 5.91 Å². The molecule has 1 aliphatic rings. The van der Waals surface area contributed by atoms with Crippen molar-refractivity contribution in [3.05, 3.63) is 95.8 Å². The lowest BCUT2D eigenvalue weighted by Gasteiger charge is -2.33. The molecule has 1 unspecified atom stereocenters. The minimum Gasteiger partial charge on any atom is -0.338 e. The third-order valence-electron chi connectivity index (χ3n) is 7.63. The summed E-state index contributed by atoms with van der Waals surface area (Å²) in [5, 5.41) is 6.64. The van der Waals surface area contributed by atoms with Gasteiger partial charge in [0.15, 0.2) is 0 Å². The largest absolute Gasteiger partial charge is 0.338 e. The number of hydrogen-bond acceptors (Lipinski definition) is 3. The molecule has 1 amide bonds. The molecule has 5 aromatic rings. The fourth-order valence-corrected chi connectivity index (χ4v) is 5.64. The number of carbonyl (C=O) groups excluding carboxylic acids is 1. The van der Waals surface area contributed by atoms with Gasteiger partial charge in [0.2, 0.25) is 0 Å². The maximum atomic E-state index is 13.5. The van der Waals surface area contributed by atoms with Crippen molar-refractivity contribution in [1.29, 1.82) is 0 Å². The van der Waals surface area contributed by atoms with Gasteiger partial charge in [-0.15, -0.1) is 0 Å². The molecule has 3 heterocycles. The Morgan fingerprint density at radius 2 is 1.86 bits per heavy atom. The van der Waals surface area contributed by atoms with Gasteiger partial charge < -0.3 is 4.90 Å². The fraction of sp³-hybridized carbons (Fsp3) is 0.258. The molecule has 5 nitrogen and oxygen atoms in total. The zero-order valence-electron chi connectivity index (χ0n) is 21.1. The van der Waals surface area contributed by atoms with Crippen molar-refractivity contribution in [2.45, 2.75) is 32.6 Å². The Hall–Kier alpha value is -3.93. The molecule has 2 aromatic heterocycles. The quantitative estimate of drug-likeness (QED) is 0.325. The van der Waals surface area contributed by atoms with Gasteiger partial charge in [0.1, 0.15) is 13.5 Å². The lowest BCUT2D eigenvalue weighted by Crippen LogP contribution is -2.40. The second-order valence-corrected chi connectivity index (χ2v) is 10.1. The Kier molecular flexibility index (Phi) is 6.25. The first kappa shape index (κ1) is 23.5. The number of carbonyl (C=O) groups is 1. The highest BCUT2D eigenvalue weighted by atomic mass is 16.2. The molecule has 1 fully saturated rings. The van der Waals surface area contributed by atoms with Crippen molar-refractivity contribution in [1.82, 2.24) is 19.5 Å². The van der Waals surface area contributed by atoms with Crippen LogP contribution in [0.1, 0.15) is 40.9 Å². The lowest BCUT2D eigenvalue weighted by atomic mass is 9.91. The Morgan fingerprint density at radius 3 is 2.76 bits per heavy atom. The topological polar surface area (TPSA) is 50.5 Å². The van der Waals surface area contributed by atoms with E-state index in [2.05, 4.69) is 42.4 Å². The summed E-state index contributed by atoms with van der Waals surface area (Å²) in [6.07, 6.45) is 5.65. The van der Waals surface area contributed by atoms with E-state index in [1.54, 1.807) is 6.20 Å². The van der Waals surface area contributed by atoms with E-state index in [4.69, 9.17) is 12.8 Å². The number of benzene rings is 3. The van der Waals surface area contributed by atoms with E-state index in [9.17, 15) is 4.79 Å². The summed E-state index contributed by atoms with van der Waals surface area (Å²) in [6, 6.07) is 24.5. The highest BCUT2D eigenvalue weighted by molar-refractivity contribution is 6.36. The van der Waals surface area contributed by atoms with Crippen LogP contribution in [-0.4, -0.2) is 46.3 Å². The summed E-state index contributed by atoms with van der Waals surface area (Å²) in [7, 11) is 6.23. The van der Waals surface area contributed by atoms with Crippen LogP contribution < -0.4 is 5.46 Å². The van der Waals surface area contributed by atoms with Crippen molar-refractivity contribution in [3.63, 3.8) is 0 Å². The molecule has 182 valence electrons. The molecule has 0 N–H and O–H groups in total. The summed E-state index contributed by atoms with van der Waals surface area (Å²) < 4.78 is 1.87. The highest BCUT2D eigenvalue weighted by Gasteiger charge is 2.26. The van der Waals surface area contributed by atoms with E-state index in [0.29, 0.717) is 17.0 Å². The molecule has 6 heteroatoms. The molecular formula is C31H29BN4O. The molecule has 2 radical (unpaired) electrons. The molecule has 0 aliphatic carbocycles. The van der Waals surface area contributed by atoms with E-state index in [1.807, 2.05) is 51.9 Å². The predicted octanol–water partition coefficient (Wildman–Crippen LogP) is 5.14. The van der Waals surface area contributed by atoms with Crippen LogP contribution in [0.3, 0.4) is 0 Å². The van der Waals surface area contributed by atoms with Gasteiger partial charge >= 0.3 is 0 Å². The first-order valence-corrected chi connectivity index (χ1v) is 13.0. The molecule has 0 bridgehead atoms. The van der Waals surface area contributed by atoms with Gasteiger partial charge in [-0.1, -0.05) is 60.7 Å². The monoisotopic (exact) mass is 484 g/mol. The Balaban J connectivity index is 1.23. The van der Waals surface area contributed by atoms with Crippen molar-refractivity contribution in [2.75, 3.05) is 13.1 Å². The van der Waals surface area contributed by atoms with Gasteiger partial charge in [0.25, 0.3) is 5.91 Å². The number of aromatic nitrogens is 3. The summed E-state index contributed by atoms with van der Waals surface area (Å²) >= 11 is 0. The minimum absolute atomic E-state index is 0.134. The smallest absolute Gasteiger partial charge is 0.254 e. The van der Waals surface area contributed by atoms with Crippen LogP contribution >= 0.6 is 0 Å². The average Bonchev–Trinajstić information content (AvgIpc) is 3.32. The van der Waals surface area contributed by atoms with Gasteiger partial charge in [-0.2, -0.15) is 5.10 Å². The van der Waals surface area contributed by atoms with Crippen LogP contribution in [0.15, 0.2) is 79.0 Å². The van der Waals surface area contributed by atoms with Crippen LogP contribution in [0.2, 0.25) is 0 Å². The van der Waals surface area contributed by atoms with Crippen LogP contribution in [0.4, 0.5) is 0 Å². The summed E-state index contributed by atoms with van der Waals surface area (Å²) in [5.41, 5.74) is 6.38. The second kappa shape index (κ2) is 9.85. The van der Waals surface area contributed by atoms with Gasteiger partial charge in [-0.25, -0.2) is 9.50 Å².